The molecule has 0 radical (unpaired) electrons. The average Bonchev–Trinajstić information content (AvgIpc) is 3.33. The molecule has 2 atom stereocenters. The lowest BCUT2D eigenvalue weighted by Crippen LogP contribution is -2.38. The number of aliphatic hydroxyl groups is 1. The zero-order valence-electron chi connectivity index (χ0n) is 16.1. The molecule has 1 aromatic carbocycles. The Bertz CT molecular complexity index is 963. The maximum Gasteiger partial charge on any atom is 0.162 e. The van der Waals surface area contributed by atoms with E-state index in [1.165, 1.54) is 11.3 Å². The molecule has 29 heavy (non-hydrogen) atoms. The maximum atomic E-state index is 10.7. The van der Waals surface area contributed by atoms with E-state index in [1.807, 2.05) is 5.38 Å². The van der Waals surface area contributed by atoms with Gasteiger partial charge in [0.2, 0.25) is 0 Å². The van der Waals surface area contributed by atoms with Crippen molar-refractivity contribution in [1.29, 1.82) is 0 Å². The fourth-order valence-electron chi connectivity index (χ4n) is 4.25. The smallest absolute Gasteiger partial charge is 0.162 e. The number of benzene rings is 1. The summed E-state index contributed by atoms with van der Waals surface area (Å²) in [6.45, 7) is 4.92. The van der Waals surface area contributed by atoms with E-state index in [0.717, 1.165) is 79.7 Å². The predicted octanol–water partition coefficient (Wildman–Crippen LogP) is 2.27. The quantitative estimate of drug-likeness (QED) is 0.698. The number of anilines is 2. The standard InChI is InChI=1S/C20H24N6O2S/c27-18(20-21-5-11-29-20)14-2-1-6-26(13-14)19-16-4-3-15(12-17(16)22-24-23-19)25-7-9-28-10-8-25/h3-5,11-12,14,18,27H,1-2,6-10,13H2/t14-,18+/m0/s1. The molecule has 3 aromatic rings. The van der Waals surface area contributed by atoms with E-state index in [1.54, 1.807) is 6.20 Å². The Labute approximate surface area is 173 Å². The monoisotopic (exact) mass is 412 g/mol. The highest BCUT2D eigenvalue weighted by atomic mass is 32.1. The van der Waals surface area contributed by atoms with Crippen molar-refractivity contribution in [2.45, 2.75) is 18.9 Å². The summed E-state index contributed by atoms with van der Waals surface area (Å²) >= 11 is 1.51. The van der Waals surface area contributed by atoms with Crippen molar-refractivity contribution in [3.05, 3.63) is 34.8 Å². The second-order valence-electron chi connectivity index (χ2n) is 7.58. The summed E-state index contributed by atoms with van der Waals surface area (Å²) in [7, 11) is 0. The number of thiazole rings is 1. The van der Waals surface area contributed by atoms with Crippen LogP contribution in [0.4, 0.5) is 11.5 Å². The first-order valence-corrected chi connectivity index (χ1v) is 11.0. The van der Waals surface area contributed by atoms with Gasteiger partial charge in [-0.1, -0.05) is 0 Å². The minimum atomic E-state index is -0.535. The third-order valence-corrected chi connectivity index (χ3v) is 6.64. The van der Waals surface area contributed by atoms with Gasteiger partial charge in [0.25, 0.3) is 0 Å². The molecular weight excluding hydrogens is 388 g/mol. The van der Waals surface area contributed by atoms with Gasteiger partial charge < -0.3 is 19.6 Å². The highest BCUT2D eigenvalue weighted by Crippen LogP contribution is 2.34. The van der Waals surface area contributed by atoms with Crippen LogP contribution in [-0.4, -0.2) is 64.9 Å². The van der Waals surface area contributed by atoms with Gasteiger partial charge in [-0.3, -0.25) is 0 Å². The SMILES string of the molecule is O[C@@H](c1nccs1)[C@H]1CCCN(c2nnnc3cc(N4CCOCC4)ccc23)C1. The second-order valence-corrected chi connectivity index (χ2v) is 8.50. The van der Waals surface area contributed by atoms with Crippen molar-refractivity contribution in [2.75, 3.05) is 49.2 Å². The van der Waals surface area contributed by atoms with Gasteiger partial charge in [0.1, 0.15) is 16.6 Å². The summed E-state index contributed by atoms with van der Waals surface area (Å²) in [6.07, 6.45) is 3.20. The van der Waals surface area contributed by atoms with Gasteiger partial charge in [-0.05, 0) is 36.3 Å². The number of piperidine rings is 1. The summed E-state index contributed by atoms with van der Waals surface area (Å²) in [6, 6.07) is 6.31. The molecule has 0 unspecified atom stereocenters. The van der Waals surface area contributed by atoms with Crippen LogP contribution in [0.15, 0.2) is 29.8 Å². The molecule has 1 N–H and O–H groups in total. The maximum absolute atomic E-state index is 10.7. The molecule has 9 heteroatoms. The average molecular weight is 413 g/mol. The molecule has 2 fully saturated rings. The van der Waals surface area contributed by atoms with E-state index >= 15 is 0 Å². The van der Waals surface area contributed by atoms with E-state index in [4.69, 9.17) is 4.74 Å². The fraction of sp³-hybridized carbons (Fsp3) is 0.500. The zero-order chi connectivity index (χ0) is 19.6. The number of aromatic nitrogens is 4. The molecule has 0 aliphatic carbocycles. The number of rotatable bonds is 4. The number of ether oxygens (including phenoxy) is 1. The Morgan fingerprint density at radius 1 is 1.14 bits per heavy atom. The minimum Gasteiger partial charge on any atom is -0.386 e. The fourth-order valence-corrected chi connectivity index (χ4v) is 4.97. The van der Waals surface area contributed by atoms with Crippen LogP contribution in [0, 0.1) is 5.92 Å². The molecule has 8 nitrogen and oxygen atoms in total. The molecule has 0 amide bonds. The van der Waals surface area contributed by atoms with Gasteiger partial charge in [0.15, 0.2) is 5.82 Å². The van der Waals surface area contributed by atoms with E-state index in [0.29, 0.717) is 0 Å². The Morgan fingerprint density at radius 3 is 2.86 bits per heavy atom. The van der Waals surface area contributed by atoms with Crippen molar-refractivity contribution in [2.24, 2.45) is 5.92 Å². The lowest BCUT2D eigenvalue weighted by Gasteiger charge is -2.35. The number of aliphatic hydroxyl groups excluding tert-OH is 1. The summed E-state index contributed by atoms with van der Waals surface area (Å²) in [4.78, 5) is 8.84. The number of nitrogens with zero attached hydrogens (tertiary/aromatic N) is 6. The Balaban J connectivity index is 1.40. The number of fused-ring (bicyclic) bond motifs is 1. The van der Waals surface area contributed by atoms with Crippen LogP contribution < -0.4 is 9.80 Å². The van der Waals surface area contributed by atoms with Crippen molar-refractivity contribution in [3.8, 4) is 0 Å². The van der Waals surface area contributed by atoms with E-state index in [9.17, 15) is 5.11 Å². The topological polar surface area (TPSA) is 87.5 Å². The normalized spacial score (nSPS) is 21.5. The number of morpholine rings is 1. The second kappa shape index (κ2) is 8.17. The molecule has 0 bridgehead atoms. The molecule has 5 rings (SSSR count). The molecule has 2 aromatic heterocycles. The first-order chi connectivity index (χ1) is 14.3. The van der Waals surface area contributed by atoms with Crippen LogP contribution in [0.3, 0.4) is 0 Å². The van der Waals surface area contributed by atoms with Crippen molar-refractivity contribution in [3.63, 3.8) is 0 Å². The molecule has 0 saturated carbocycles. The highest BCUT2D eigenvalue weighted by molar-refractivity contribution is 7.09. The molecule has 152 valence electrons. The summed E-state index contributed by atoms with van der Waals surface area (Å²) < 4.78 is 5.45. The summed E-state index contributed by atoms with van der Waals surface area (Å²) in [5.41, 5.74) is 1.99. The summed E-state index contributed by atoms with van der Waals surface area (Å²) in [5.74, 6) is 0.979. The van der Waals surface area contributed by atoms with Crippen LogP contribution >= 0.6 is 11.3 Å². The van der Waals surface area contributed by atoms with Crippen molar-refractivity contribution in [1.82, 2.24) is 20.4 Å². The number of hydrogen-bond acceptors (Lipinski definition) is 9. The van der Waals surface area contributed by atoms with Crippen LogP contribution in [0.25, 0.3) is 10.9 Å². The Kier molecular flexibility index (Phi) is 5.26. The minimum absolute atomic E-state index is 0.132. The first kappa shape index (κ1) is 18.7. The molecule has 0 spiro atoms. The van der Waals surface area contributed by atoms with Crippen LogP contribution in [0.1, 0.15) is 24.0 Å². The van der Waals surface area contributed by atoms with Gasteiger partial charge in [0.05, 0.1) is 13.2 Å². The van der Waals surface area contributed by atoms with Gasteiger partial charge in [-0.15, -0.1) is 21.5 Å². The number of hydrogen-bond donors (Lipinski definition) is 1. The molecule has 2 aliphatic rings. The first-order valence-electron chi connectivity index (χ1n) is 10.1. The Morgan fingerprint density at radius 2 is 2.03 bits per heavy atom. The van der Waals surface area contributed by atoms with Gasteiger partial charge >= 0.3 is 0 Å². The third kappa shape index (κ3) is 3.77. The van der Waals surface area contributed by atoms with Crippen molar-refractivity contribution >= 4 is 33.7 Å². The van der Waals surface area contributed by atoms with Gasteiger partial charge in [-0.2, -0.15) is 0 Å². The summed E-state index contributed by atoms with van der Waals surface area (Å²) in [5, 5.41) is 27.1. The van der Waals surface area contributed by atoms with Crippen LogP contribution in [-0.2, 0) is 4.74 Å². The van der Waals surface area contributed by atoms with Gasteiger partial charge in [0, 0.05) is 54.7 Å². The van der Waals surface area contributed by atoms with Gasteiger partial charge in [-0.25, -0.2) is 4.98 Å². The third-order valence-electron chi connectivity index (χ3n) is 5.80. The lowest BCUT2D eigenvalue weighted by molar-refractivity contribution is 0.0977. The molecule has 2 aliphatic heterocycles. The lowest BCUT2D eigenvalue weighted by atomic mass is 9.92. The van der Waals surface area contributed by atoms with Crippen molar-refractivity contribution < 1.29 is 9.84 Å². The van der Waals surface area contributed by atoms with Crippen LogP contribution in [0.5, 0.6) is 0 Å². The van der Waals surface area contributed by atoms with Crippen LogP contribution in [0.2, 0.25) is 0 Å². The largest absolute Gasteiger partial charge is 0.386 e. The van der Waals surface area contributed by atoms with E-state index in [2.05, 4.69) is 48.4 Å². The van der Waals surface area contributed by atoms with E-state index in [-0.39, 0.29) is 5.92 Å². The Hall–Kier alpha value is -2.36. The zero-order valence-corrected chi connectivity index (χ0v) is 17.0. The predicted molar refractivity (Wildman–Crippen MR) is 112 cm³/mol. The molecule has 4 heterocycles. The van der Waals surface area contributed by atoms with E-state index < -0.39 is 6.10 Å². The molecular formula is C20H24N6O2S. The highest BCUT2D eigenvalue weighted by Gasteiger charge is 2.30. The molecule has 2 saturated heterocycles.